The fourth-order valence-corrected chi connectivity index (χ4v) is 2.60. The molecule has 1 heterocycles. The molecule has 1 aromatic carbocycles. The minimum Gasteiger partial charge on any atom is -0.494 e. The van der Waals surface area contributed by atoms with Crippen molar-refractivity contribution in [3.8, 4) is 5.75 Å². The van der Waals surface area contributed by atoms with Crippen molar-refractivity contribution < 1.29 is 23.0 Å². The van der Waals surface area contributed by atoms with E-state index in [4.69, 9.17) is 9.84 Å². The van der Waals surface area contributed by atoms with E-state index in [1.165, 1.54) is 19.2 Å². The van der Waals surface area contributed by atoms with Gasteiger partial charge in [-0.3, -0.25) is 4.90 Å². The van der Waals surface area contributed by atoms with Gasteiger partial charge in [-0.1, -0.05) is 6.07 Å². The van der Waals surface area contributed by atoms with E-state index in [9.17, 15) is 13.2 Å². The molecule has 0 radical (unpaired) electrons. The van der Waals surface area contributed by atoms with E-state index in [1.54, 1.807) is 4.90 Å². The molecule has 2 N–H and O–H groups in total. The Balaban J connectivity index is 0.00000242. The molecule has 0 saturated carbocycles. The maximum atomic E-state index is 14.2. The molecule has 0 unspecified atom stereocenters. The second kappa shape index (κ2) is 8.01. The van der Waals surface area contributed by atoms with Crippen LogP contribution in [-0.4, -0.2) is 55.8 Å². The first kappa shape index (κ1) is 19.0. The first-order valence-electron chi connectivity index (χ1n) is 6.76. The Kier molecular flexibility index (Phi) is 6.93. The molecule has 0 spiro atoms. The van der Waals surface area contributed by atoms with Crippen LogP contribution in [-0.2, 0) is 0 Å². The van der Waals surface area contributed by atoms with Gasteiger partial charge in [-0.05, 0) is 17.7 Å². The number of benzene rings is 1. The van der Waals surface area contributed by atoms with Crippen LogP contribution in [0.25, 0.3) is 0 Å². The highest BCUT2D eigenvalue weighted by atomic mass is 35.5. The summed E-state index contributed by atoms with van der Waals surface area (Å²) in [5, 5.41) is 12.1. The van der Waals surface area contributed by atoms with E-state index in [0.29, 0.717) is 26.2 Å². The van der Waals surface area contributed by atoms with Crippen LogP contribution in [0, 0.1) is 5.82 Å². The lowest BCUT2D eigenvalue weighted by molar-refractivity contribution is -0.118. The molecule has 1 aliphatic heterocycles. The van der Waals surface area contributed by atoms with Crippen LogP contribution in [0.3, 0.4) is 0 Å². The number of rotatable bonds is 5. The smallest absolute Gasteiger partial charge is 0.289 e. The summed E-state index contributed by atoms with van der Waals surface area (Å²) in [5.74, 6) is -4.01. The highest BCUT2D eigenvalue weighted by molar-refractivity contribution is 5.85. The third kappa shape index (κ3) is 4.04. The number of methoxy groups -OCH3 is 1. The summed E-state index contributed by atoms with van der Waals surface area (Å²) in [4.78, 5) is 1.60. The van der Waals surface area contributed by atoms with Gasteiger partial charge in [0.15, 0.2) is 11.6 Å². The van der Waals surface area contributed by atoms with Crippen LogP contribution in [0.2, 0.25) is 0 Å². The molecule has 22 heavy (non-hydrogen) atoms. The Labute approximate surface area is 133 Å². The van der Waals surface area contributed by atoms with Crippen LogP contribution >= 0.6 is 12.4 Å². The highest BCUT2D eigenvalue weighted by Gasteiger charge is 2.44. The minimum atomic E-state index is -3.32. The topological polar surface area (TPSA) is 44.7 Å². The SMILES string of the molecule is COc1cc([C@H](N2CCNCC2)C(F)(F)CO)ccc1F.Cl. The van der Waals surface area contributed by atoms with E-state index >= 15 is 0 Å². The van der Waals surface area contributed by atoms with Gasteiger partial charge in [0.05, 0.1) is 7.11 Å². The van der Waals surface area contributed by atoms with Crippen LogP contribution in [0.4, 0.5) is 13.2 Å². The Bertz CT molecular complexity index is 485. The fourth-order valence-electron chi connectivity index (χ4n) is 2.60. The molecule has 4 nitrogen and oxygen atoms in total. The Morgan fingerprint density at radius 3 is 2.55 bits per heavy atom. The lowest BCUT2D eigenvalue weighted by Gasteiger charge is -2.38. The maximum absolute atomic E-state index is 14.2. The summed E-state index contributed by atoms with van der Waals surface area (Å²) in [6.45, 7) is 0.786. The van der Waals surface area contributed by atoms with Crippen LogP contribution in [0.15, 0.2) is 18.2 Å². The van der Waals surface area contributed by atoms with Crippen molar-refractivity contribution >= 4 is 12.4 Å². The summed E-state index contributed by atoms with van der Waals surface area (Å²) >= 11 is 0. The molecule has 1 aliphatic rings. The number of alkyl halides is 2. The standard InChI is InChI=1S/C14H19F3N2O2.ClH/c1-21-12-8-10(2-3-11(12)15)13(14(16,17)9-20)19-6-4-18-5-7-19;/h2-3,8,13,18,20H,4-7,9H2,1H3;1H/t13-;/m0./s1. The van der Waals surface area contributed by atoms with Crippen molar-refractivity contribution in [1.29, 1.82) is 0 Å². The Morgan fingerprint density at radius 2 is 2.00 bits per heavy atom. The van der Waals surface area contributed by atoms with E-state index in [2.05, 4.69) is 5.32 Å². The van der Waals surface area contributed by atoms with Gasteiger partial charge in [0, 0.05) is 26.2 Å². The molecular weight excluding hydrogens is 321 g/mol. The number of halogens is 4. The summed E-state index contributed by atoms with van der Waals surface area (Å²) in [6.07, 6.45) is 0. The van der Waals surface area contributed by atoms with Crippen molar-refractivity contribution in [2.45, 2.75) is 12.0 Å². The Hall–Kier alpha value is -1.02. The lowest BCUT2D eigenvalue weighted by Crippen LogP contribution is -2.51. The third-order valence-electron chi connectivity index (χ3n) is 3.62. The van der Waals surface area contributed by atoms with Crippen LogP contribution in [0.1, 0.15) is 11.6 Å². The minimum absolute atomic E-state index is 0. The van der Waals surface area contributed by atoms with Crippen molar-refractivity contribution in [2.24, 2.45) is 0 Å². The number of ether oxygens (including phenoxy) is 1. The summed E-state index contributed by atoms with van der Waals surface area (Å²) in [7, 11) is 1.28. The first-order valence-corrected chi connectivity index (χ1v) is 6.76. The zero-order valence-electron chi connectivity index (χ0n) is 12.2. The van der Waals surface area contributed by atoms with E-state index in [0.717, 1.165) is 6.07 Å². The van der Waals surface area contributed by atoms with Crippen LogP contribution < -0.4 is 10.1 Å². The van der Waals surface area contributed by atoms with Crippen molar-refractivity contribution in [3.05, 3.63) is 29.6 Å². The second-order valence-electron chi connectivity index (χ2n) is 5.00. The number of nitrogens with one attached hydrogen (secondary N) is 1. The quantitative estimate of drug-likeness (QED) is 0.858. The summed E-state index contributed by atoms with van der Waals surface area (Å²) < 4.78 is 46.7. The molecule has 0 aliphatic carbocycles. The Morgan fingerprint density at radius 1 is 1.36 bits per heavy atom. The molecule has 1 aromatic rings. The number of aliphatic hydroxyl groups excluding tert-OH is 1. The highest BCUT2D eigenvalue weighted by Crippen LogP contribution is 2.38. The van der Waals surface area contributed by atoms with Crippen LogP contribution in [0.5, 0.6) is 5.75 Å². The number of aliphatic hydroxyl groups is 1. The zero-order valence-corrected chi connectivity index (χ0v) is 13.0. The first-order chi connectivity index (χ1) is 9.99. The van der Waals surface area contributed by atoms with Gasteiger partial charge in [0.25, 0.3) is 5.92 Å². The molecule has 1 fully saturated rings. The van der Waals surface area contributed by atoms with E-state index in [1.807, 2.05) is 0 Å². The predicted octanol–water partition coefficient (Wildman–Crippen LogP) is 1.83. The second-order valence-corrected chi connectivity index (χ2v) is 5.00. The third-order valence-corrected chi connectivity index (χ3v) is 3.62. The molecule has 2 rings (SSSR count). The average Bonchev–Trinajstić information content (AvgIpc) is 2.50. The normalized spacial score (nSPS) is 17.7. The molecule has 1 atom stereocenters. The van der Waals surface area contributed by atoms with E-state index < -0.39 is 24.4 Å². The van der Waals surface area contributed by atoms with Gasteiger partial charge < -0.3 is 15.2 Å². The van der Waals surface area contributed by atoms with Crippen molar-refractivity contribution in [1.82, 2.24) is 10.2 Å². The maximum Gasteiger partial charge on any atom is 0.289 e. The molecule has 0 bridgehead atoms. The lowest BCUT2D eigenvalue weighted by atomic mass is 9.98. The summed E-state index contributed by atoms with van der Waals surface area (Å²) in [5.41, 5.74) is 0.231. The van der Waals surface area contributed by atoms with Crippen molar-refractivity contribution in [3.63, 3.8) is 0 Å². The number of hydrogen-bond donors (Lipinski definition) is 2. The molecule has 1 saturated heterocycles. The van der Waals surface area contributed by atoms with Gasteiger partial charge in [-0.15, -0.1) is 12.4 Å². The number of nitrogens with zero attached hydrogens (tertiary/aromatic N) is 1. The van der Waals surface area contributed by atoms with E-state index in [-0.39, 0.29) is 23.7 Å². The zero-order chi connectivity index (χ0) is 15.5. The average molecular weight is 341 g/mol. The fraction of sp³-hybridized carbons (Fsp3) is 0.571. The summed E-state index contributed by atoms with van der Waals surface area (Å²) in [6, 6.07) is 2.38. The molecule has 126 valence electrons. The number of piperazine rings is 1. The van der Waals surface area contributed by atoms with Gasteiger partial charge in [0.1, 0.15) is 12.6 Å². The predicted molar refractivity (Wildman–Crippen MR) is 79.4 cm³/mol. The van der Waals surface area contributed by atoms with Gasteiger partial charge in [0.2, 0.25) is 0 Å². The molecule has 8 heteroatoms. The number of hydrogen-bond acceptors (Lipinski definition) is 4. The van der Waals surface area contributed by atoms with Gasteiger partial charge in [-0.25, -0.2) is 13.2 Å². The molecule has 0 amide bonds. The van der Waals surface area contributed by atoms with Gasteiger partial charge in [-0.2, -0.15) is 0 Å². The molecular formula is C14H20ClF3N2O2. The molecule has 0 aromatic heterocycles. The largest absolute Gasteiger partial charge is 0.494 e. The van der Waals surface area contributed by atoms with Crippen molar-refractivity contribution in [2.75, 3.05) is 39.9 Å². The monoisotopic (exact) mass is 340 g/mol. The van der Waals surface area contributed by atoms with Gasteiger partial charge >= 0.3 is 0 Å².